The van der Waals surface area contributed by atoms with E-state index >= 15 is 0 Å². The molecule has 0 radical (unpaired) electrons. The van der Waals surface area contributed by atoms with E-state index in [0.29, 0.717) is 0 Å². The maximum Gasteiger partial charge on any atom is 0.0537 e. The van der Waals surface area contributed by atoms with Gasteiger partial charge in [-0.1, -0.05) is 172 Å². The topological polar surface area (TPSA) is 0 Å². The van der Waals surface area contributed by atoms with E-state index in [-0.39, 0.29) is 16.1 Å². The fraction of sp³-hybridized carbons (Fsp3) is 0.137. The van der Waals surface area contributed by atoms with Gasteiger partial charge in [0.05, 0.1) is 4.75 Å². The highest BCUT2D eigenvalue weighted by atomic mass is 32.2. The van der Waals surface area contributed by atoms with Crippen LogP contribution in [-0.4, -0.2) is 4.75 Å². The second-order valence-electron chi connectivity index (χ2n) is 15.7. The molecule has 2 atom stereocenters. The first-order valence-corrected chi connectivity index (χ1v) is 19.3. The van der Waals surface area contributed by atoms with Crippen molar-refractivity contribution < 1.29 is 0 Å². The zero-order valence-electron chi connectivity index (χ0n) is 30.1. The minimum Gasteiger partial charge on any atom is -0.113 e. The van der Waals surface area contributed by atoms with Crippen LogP contribution in [0.5, 0.6) is 0 Å². The summed E-state index contributed by atoms with van der Waals surface area (Å²) in [5, 5.41) is 10.6. The van der Waals surface area contributed by atoms with E-state index in [2.05, 4.69) is 192 Å². The molecule has 0 fully saturated rings. The SMILES string of the molecule is CC(C)(C)c1c2ccccc2c(C2=CC=CC3c4cc(-c5c6ccccc6c(-c6ccccc6)c6ccccc56)ccc4SC23C)c2ccccc12. The third-order valence-electron chi connectivity index (χ3n) is 11.6. The smallest absolute Gasteiger partial charge is 0.0537 e. The van der Waals surface area contributed by atoms with Gasteiger partial charge < -0.3 is 0 Å². The lowest BCUT2D eigenvalue weighted by molar-refractivity contribution is 0.601. The molecule has 0 amide bonds. The highest BCUT2D eigenvalue weighted by Crippen LogP contribution is 2.62. The second kappa shape index (κ2) is 11.6. The van der Waals surface area contributed by atoms with Crippen molar-refractivity contribution in [3.8, 4) is 22.3 Å². The van der Waals surface area contributed by atoms with Crippen LogP contribution in [0, 0.1) is 0 Å². The highest BCUT2D eigenvalue weighted by molar-refractivity contribution is 8.01. The van der Waals surface area contributed by atoms with Gasteiger partial charge in [-0.3, -0.25) is 0 Å². The number of rotatable bonds is 3. The Bertz CT molecular complexity index is 2700. The molecular weight excluding hydrogens is 645 g/mol. The molecule has 52 heavy (non-hydrogen) atoms. The van der Waals surface area contributed by atoms with Crippen LogP contribution in [0.3, 0.4) is 0 Å². The third-order valence-corrected chi connectivity index (χ3v) is 13.1. The molecular formula is C51H40S. The monoisotopic (exact) mass is 684 g/mol. The highest BCUT2D eigenvalue weighted by Gasteiger charge is 2.47. The minimum absolute atomic E-state index is 0.00735. The van der Waals surface area contributed by atoms with Gasteiger partial charge in [-0.15, -0.1) is 11.8 Å². The lowest BCUT2D eigenvalue weighted by atomic mass is 9.72. The second-order valence-corrected chi connectivity index (χ2v) is 17.2. The van der Waals surface area contributed by atoms with E-state index in [4.69, 9.17) is 0 Å². The number of allylic oxidation sites excluding steroid dienone is 3. The Kier molecular flexibility index (Phi) is 6.98. The van der Waals surface area contributed by atoms with Crippen LogP contribution in [-0.2, 0) is 5.41 Å². The Labute approximate surface area is 310 Å². The molecule has 1 aliphatic carbocycles. The summed E-state index contributed by atoms with van der Waals surface area (Å²) < 4.78 is -0.161. The van der Waals surface area contributed by atoms with E-state index in [9.17, 15) is 0 Å². The van der Waals surface area contributed by atoms with Crippen molar-refractivity contribution in [3.63, 3.8) is 0 Å². The van der Waals surface area contributed by atoms with Gasteiger partial charge in [-0.05, 0) is 112 Å². The molecule has 0 spiro atoms. The van der Waals surface area contributed by atoms with Crippen LogP contribution < -0.4 is 0 Å². The van der Waals surface area contributed by atoms with Gasteiger partial charge in [0.2, 0.25) is 0 Å². The van der Waals surface area contributed by atoms with E-state index in [0.717, 1.165) is 0 Å². The van der Waals surface area contributed by atoms with E-state index in [1.165, 1.54) is 92.5 Å². The Morgan fingerprint density at radius 2 is 0.962 bits per heavy atom. The summed E-state index contributed by atoms with van der Waals surface area (Å²) in [4.78, 5) is 1.38. The predicted octanol–water partition coefficient (Wildman–Crippen LogP) is 14.5. The molecule has 250 valence electrons. The number of benzene rings is 8. The molecule has 0 saturated heterocycles. The molecule has 1 heteroatoms. The van der Waals surface area contributed by atoms with E-state index < -0.39 is 0 Å². The average Bonchev–Trinajstić information content (AvgIpc) is 3.47. The maximum absolute atomic E-state index is 2.51. The zero-order chi connectivity index (χ0) is 35.2. The van der Waals surface area contributed by atoms with Crippen molar-refractivity contribution in [3.05, 3.63) is 181 Å². The summed E-state index contributed by atoms with van der Waals surface area (Å²) in [6, 6.07) is 54.4. The molecule has 0 N–H and O–H groups in total. The summed E-state index contributed by atoms with van der Waals surface area (Å²) in [6.45, 7) is 9.54. The summed E-state index contributed by atoms with van der Waals surface area (Å²) >= 11 is 2.04. The Balaban J connectivity index is 1.17. The van der Waals surface area contributed by atoms with Crippen molar-refractivity contribution in [2.45, 2.75) is 48.7 Å². The molecule has 10 rings (SSSR count). The zero-order valence-corrected chi connectivity index (χ0v) is 30.9. The van der Waals surface area contributed by atoms with E-state index in [1.807, 2.05) is 11.8 Å². The molecule has 8 aromatic rings. The maximum atomic E-state index is 2.51. The van der Waals surface area contributed by atoms with Crippen LogP contribution >= 0.6 is 11.8 Å². The van der Waals surface area contributed by atoms with Gasteiger partial charge in [0.1, 0.15) is 0 Å². The number of hydrogen-bond donors (Lipinski definition) is 0. The van der Waals surface area contributed by atoms with Gasteiger partial charge in [0.25, 0.3) is 0 Å². The van der Waals surface area contributed by atoms with Crippen molar-refractivity contribution in [1.29, 1.82) is 0 Å². The molecule has 0 aromatic heterocycles. The Morgan fingerprint density at radius 1 is 0.500 bits per heavy atom. The molecule has 0 saturated carbocycles. The Morgan fingerprint density at radius 3 is 1.48 bits per heavy atom. The van der Waals surface area contributed by atoms with Crippen LogP contribution in [0.4, 0.5) is 0 Å². The first-order chi connectivity index (χ1) is 25.3. The van der Waals surface area contributed by atoms with Crippen LogP contribution in [0.1, 0.15) is 50.3 Å². The summed E-state index contributed by atoms with van der Waals surface area (Å²) in [5.74, 6) is 0.244. The Hall–Kier alpha value is -5.37. The number of fused-ring (bicyclic) bond motifs is 7. The molecule has 0 bridgehead atoms. The first kappa shape index (κ1) is 31.4. The van der Waals surface area contributed by atoms with E-state index in [1.54, 1.807) is 0 Å². The van der Waals surface area contributed by atoms with Crippen molar-refractivity contribution in [1.82, 2.24) is 0 Å². The molecule has 2 aliphatic rings. The number of hydrogen-bond acceptors (Lipinski definition) is 1. The van der Waals surface area contributed by atoms with Gasteiger partial charge in [-0.25, -0.2) is 0 Å². The van der Waals surface area contributed by atoms with Crippen molar-refractivity contribution in [2.75, 3.05) is 0 Å². The van der Waals surface area contributed by atoms with Crippen molar-refractivity contribution in [2.24, 2.45) is 0 Å². The minimum atomic E-state index is -0.161. The fourth-order valence-electron chi connectivity index (χ4n) is 9.48. The molecule has 8 aromatic carbocycles. The summed E-state index contributed by atoms with van der Waals surface area (Å²) in [5.41, 5.74) is 10.8. The first-order valence-electron chi connectivity index (χ1n) is 18.5. The van der Waals surface area contributed by atoms with Crippen LogP contribution in [0.25, 0.3) is 70.9 Å². The van der Waals surface area contributed by atoms with Crippen LogP contribution in [0.15, 0.2) is 169 Å². The number of thioether (sulfide) groups is 1. The third kappa shape index (κ3) is 4.55. The quantitative estimate of drug-likeness (QED) is 0.167. The predicted molar refractivity (Wildman–Crippen MR) is 227 cm³/mol. The van der Waals surface area contributed by atoms with Gasteiger partial charge in [0.15, 0.2) is 0 Å². The molecule has 2 unspecified atom stereocenters. The molecule has 1 heterocycles. The largest absolute Gasteiger partial charge is 0.113 e. The van der Waals surface area contributed by atoms with Crippen LogP contribution in [0.2, 0.25) is 0 Å². The average molecular weight is 685 g/mol. The van der Waals surface area contributed by atoms with Crippen molar-refractivity contribution >= 4 is 60.4 Å². The summed E-state index contributed by atoms with van der Waals surface area (Å²) in [7, 11) is 0. The molecule has 1 aliphatic heterocycles. The lowest BCUT2D eigenvalue weighted by Crippen LogP contribution is -2.28. The summed E-state index contributed by atoms with van der Waals surface area (Å²) in [6.07, 6.45) is 7.18. The van der Waals surface area contributed by atoms with Gasteiger partial charge in [-0.2, -0.15) is 0 Å². The molecule has 0 nitrogen and oxygen atoms in total. The lowest BCUT2D eigenvalue weighted by Gasteiger charge is -2.36. The fourth-order valence-corrected chi connectivity index (χ4v) is 11.0. The van der Waals surface area contributed by atoms with Gasteiger partial charge in [0, 0.05) is 10.8 Å². The van der Waals surface area contributed by atoms with Gasteiger partial charge >= 0.3 is 0 Å². The normalized spacial score (nSPS) is 18.2. The standard InChI is InChI=1S/C51H40S/c1-50(2,3)49-40-25-14-12-23-38(40)48(39-24-13-15-26-41(39)49)44-28-16-27-43-42-31-33(29-30-45(42)52-51(43,44)4)47-36-21-10-8-19-34(36)46(32-17-6-5-7-18-32)35-20-9-11-22-37(35)47/h5-31,43H,1-4H3.